The predicted molar refractivity (Wildman–Crippen MR) is 107 cm³/mol. The summed E-state index contributed by atoms with van der Waals surface area (Å²) in [6.07, 6.45) is 2.02. The molecule has 3 saturated heterocycles. The van der Waals surface area contributed by atoms with E-state index in [9.17, 15) is 4.79 Å². The van der Waals surface area contributed by atoms with E-state index in [1.807, 2.05) is 0 Å². The summed E-state index contributed by atoms with van der Waals surface area (Å²) in [5, 5.41) is 7.26. The van der Waals surface area contributed by atoms with Crippen molar-refractivity contribution in [1.29, 1.82) is 0 Å². The first-order chi connectivity index (χ1) is 12.7. The van der Waals surface area contributed by atoms with Crippen molar-refractivity contribution in [3.8, 4) is 0 Å². The van der Waals surface area contributed by atoms with Gasteiger partial charge in [-0.05, 0) is 43.7 Å². The second-order valence-corrected chi connectivity index (χ2v) is 7.67. The number of carbonyl (C=O) groups is 1. The number of para-hydroxylation sites is 1. The molecule has 6 nitrogen and oxygen atoms in total. The molecule has 0 aromatic heterocycles. The van der Waals surface area contributed by atoms with E-state index >= 15 is 0 Å². The lowest BCUT2D eigenvalue weighted by Gasteiger charge is -2.43. The first-order valence-electron chi connectivity index (χ1n) is 9.60. The van der Waals surface area contributed by atoms with Crippen LogP contribution in [-0.2, 0) is 4.79 Å². The fourth-order valence-corrected chi connectivity index (χ4v) is 4.45. The van der Waals surface area contributed by atoms with Crippen LogP contribution in [0.4, 0.5) is 5.69 Å². The lowest BCUT2D eigenvalue weighted by atomic mass is 9.93. The highest BCUT2D eigenvalue weighted by atomic mass is 32.1. The first kappa shape index (κ1) is 17.7. The number of rotatable bonds is 4. The Hall–Kier alpha value is -1.70. The van der Waals surface area contributed by atoms with E-state index in [1.54, 1.807) is 4.90 Å². The van der Waals surface area contributed by atoms with Crippen molar-refractivity contribution in [3.05, 3.63) is 30.3 Å². The van der Waals surface area contributed by atoms with Crippen LogP contribution < -0.4 is 15.5 Å². The van der Waals surface area contributed by atoms with Crippen LogP contribution in [0.15, 0.2) is 30.3 Å². The quantitative estimate of drug-likeness (QED) is 0.764. The van der Waals surface area contributed by atoms with Gasteiger partial charge in [-0.3, -0.25) is 19.9 Å². The average Bonchev–Trinajstić information content (AvgIpc) is 2.69. The Morgan fingerprint density at radius 3 is 2.62 bits per heavy atom. The number of carbonyl (C=O) groups excluding carboxylic acids is 1. The highest BCUT2D eigenvalue weighted by molar-refractivity contribution is 7.80. The Balaban J connectivity index is 1.28. The number of amides is 1. The number of nitrogens with zero attached hydrogens (tertiary/aromatic N) is 3. The molecule has 3 aliphatic rings. The molecular weight excluding hydrogens is 346 g/mol. The maximum atomic E-state index is 12.8. The minimum absolute atomic E-state index is 0.0189. The van der Waals surface area contributed by atoms with Gasteiger partial charge in [0.05, 0.1) is 12.1 Å². The van der Waals surface area contributed by atoms with E-state index in [-0.39, 0.29) is 18.0 Å². The molecule has 0 bridgehead atoms. The van der Waals surface area contributed by atoms with Crippen molar-refractivity contribution in [3.63, 3.8) is 0 Å². The van der Waals surface area contributed by atoms with Gasteiger partial charge in [-0.25, -0.2) is 0 Å². The van der Waals surface area contributed by atoms with Crippen LogP contribution in [-0.4, -0.2) is 72.8 Å². The largest absolute Gasteiger partial charge is 0.369 e. The molecule has 26 heavy (non-hydrogen) atoms. The SMILES string of the molecule is O=C1C2CCCNC2NC(=S)N1CCN1CCN(c2ccccc2)CC1. The average molecular weight is 374 g/mol. The smallest absolute Gasteiger partial charge is 0.235 e. The second-order valence-electron chi connectivity index (χ2n) is 7.28. The summed E-state index contributed by atoms with van der Waals surface area (Å²) in [7, 11) is 0. The summed E-state index contributed by atoms with van der Waals surface area (Å²) in [4.78, 5) is 19.5. The molecule has 140 valence electrons. The van der Waals surface area contributed by atoms with Gasteiger partial charge < -0.3 is 10.2 Å². The fraction of sp³-hybridized carbons (Fsp3) is 0.579. The highest BCUT2D eigenvalue weighted by Crippen LogP contribution is 2.22. The Kier molecular flexibility index (Phi) is 5.38. The number of thiocarbonyl (C=S) groups is 1. The number of benzene rings is 1. The van der Waals surface area contributed by atoms with Gasteiger partial charge in [0.2, 0.25) is 5.91 Å². The summed E-state index contributed by atoms with van der Waals surface area (Å²) in [5.41, 5.74) is 1.29. The summed E-state index contributed by atoms with van der Waals surface area (Å²) >= 11 is 5.45. The van der Waals surface area contributed by atoms with Gasteiger partial charge in [-0.15, -0.1) is 0 Å². The van der Waals surface area contributed by atoms with Gasteiger partial charge in [-0.1, -0.05) is 18.2 Å². The molecule has 1 amide bonds. The summed E-state index contributed by atoms with van der Waals surface area (Å²) in [6, 6.07) is 10.6. The summed E-state index contributed by atoms with van der Waals surface area (Å²) < 4.78 is 0. The zero-order valence-corrected chi connectivity index (χ0v) is 15.9. The van der Waals surface area contributed by atoms with E-state index in [2.05, 4.69) is 50.8 Å². The van der Waals surface area contributed by atoms with Crippen molar-refractivity contribution in [2.24, 2.45) is 5.92 Å². The third-order valence-corrected chi connectivity index (χ3v) is 6.04. The van der Waals surface area contributed by atoms with Crippen molar-refractivity contribution >= 4 is 28.9 Å². The molecule has 1 aromatic rings. The molecule has 0 saturated carbocycles. The van der Waals surface area contributed by atoms with E-state index in [1.165, 1.54) is 5.69 Å². The number of hydrogen-bond donors (Lipinski definition) is 2. The van der Waals surface area contributed by atoms with Crippen LogP contribution in [0.5, 0.6) is 0 Å². The molecule has 0 radical (unpaired) electrons. The number of nitrogens with one attached hydrogen (secondary N) is 2. The van der Waals surface area contributed by atoms with Gasteiger partial charge in [-0.2, -0.15) is 0 Å². The third kappa shape index (κ3) is 3.70. The molecule has 2 atom stereocenters. The van der Waals surface area contributed by atoms with E-state index in [0.29, 0.717) is 11.7 Å². The topological polar surface area (TPSA) is 50.9 Å². The number of piperidine rings is 1. The van der Waals surface area contributed by atoms with Crippen LogP contribution in [0.3, 0.4) is 0 Å². The standard InChI is InChI=1S/C19H27N5OS/c25-18-16-7-4-8-20-17(16)21-19(26)24(18)14-11-22-9-12-23(13-10-22)15-5-2-1-3-6-15/h1-3,5-6,16-17,20H,4,7-14H2,(H,21,26). The van der Waals surface area contributed by atoms with Crippen molar-refractivity contribution in [1.82, 2.24) is 20.4 Å². The molecule has 4 rings (SSSR count). The number of hydrogen-bond acceptors (Lipinski definition) is 5. The fourth-order valence-electron chi connectivity index (χ4n) is 4.14. The van der Waals surface area contributed by atoms with Crippen LogP contribution in [0.25, 0.3) is 0 Å². The third-order valence-electron chi connectivity index (χ3n) is 5.70. The molecule has 3 heterocycles. The zero-order chi connectivity index (χ0) is 17.9. The molecule has 0 spiro atoms. The summed E-state index contributed by atoms with van der Waals surface area (Å²) in [5.74, 6) is 0.208. The lowest BCUT2D eigenvalue weighted by Crippen LogP contribution is -2.66. The predicted octanol–water partition coefficient (Wildman–Crippen LogP) is 0.851. The van der Waals surface area contributed by atoms with Crippen LogP contribution in [0.2, 0.25) is 0 Å². The highest BCUT2D eigenvalue weighted by Gasteiger charge is 2.40. The van der Waals surface area contributed by atoms with Crippen LogP contribution in [0.1, 0.15) is 12.8 Å². The van der Waals surface area contributed by atoms with Crippen molar-refractivity contribution < 1.29 is 4.79 Å². The Bertz CT molecular complexity index is 647. The first-order valence-corrected chi connectivity index (χ1v) is 10.0. The van der Waals surface area contributed by atoms with Gasteiger partial charge in [0.25, 0.3) is 0 Å². The molecular formula is C19H27N5OS. The van der Waals surface area contributed by atoms with Gasteiger partial charge in [0, 0.05) is 45.0 Å². The molecule has 2 N–H and O–H groups in total. The molecule has 3 fully saturated rings. The van der Waals surface area contributed by atoms with Gasteiger partial charge >= 0.3 is 0 Å². The number of piperazine rings is 1. The van der Waals surface area contributed by atoms with E-state index in [4.69, 9.17) is 12.2 Å². The minimum atomic E-state index is 0.0189. The Morgan fingerprint density at radius 2 is 1.85 bits per heavy atom. The normalized spacial score (nSPS) is 27.2. The second kappa shape index (κ2) is 7.90. The van der Waals surface area contributed by atoms with Crippen molar-refractivity contribution in [2.45, 2.75) is 19.0 Å². The molecule has 1 aromatic carbocycles. The van der Waals surface area contributed by atoms with Crippen LogP contribution >= 0.6 is 12.2 Å². The molecule has 2 unspecified atom stereocenters. The maximum absolute atomic E-state index is 12.8. The van der Waals surface area contributed by atoms with Gasteiger partial charge in [0.15, 0.2) is 5.11 Å². The summed E-state index contributed by atoms with van der Waals surface area (Å²) in [6.45, 7) is 6.59. The maximum Gasteiger partial charge on any atom is 0.235 e. The van der Waals surface area contributed by atoms with Gasteiger partial charge in [0.1, 0.15) is 0 Å². The number of fused-ring (bicyclic) bond motifs is 1. The lowest BCUT2D eigenvalue weighted by molar-refractivity contribution is -0.135. The number of anilines is 1. The monoisotopic (exact) mass is 373 g/mol. The molecule has 3 aliphatic heterocycles. The van der Waals surface area contributed by atoms with Crippen LogP contribution in [0, 0.1) is 5.92 Å². The Morgan fingerprint density at radius 1 is 1.08 bits per heavy atom. The Labute approximate surface area is 160 Å². The van der Waals surface area contributed by atoms with Crippen molar-refractivity contribution in [2.75, 3.05) is 50.7 Å². The minimum Gasteiger partial charge on any atom is -0.369 e. The van der Waals surface area contributed by atoms with E-state index in [0.717, 1.165) is 52.1 Å². The molecule has 0 aliphatic carbocycles. The zero-order valence-electron chi connectivity index (χ0n) is 15.1. The molecule has 7 heteroatoms. The van der Waals surface area contributed by atoms with E-state index < -0.39 is 0 Å².